The fraction of sp³-hybridized carbons (Fsp3) is 0.571. The van der Waals surface area contributed by atoms with Crippen LogP contribution in [0.15, 0.2) is 24.3 Å². The Labute approximate surface area is 92.1 Å². The number of hydrogen-bond donors (Lipinski definition) is 1. The third-order valence-electron chi connectivity index (χ3n) is 3.52. The Hall–Kier alpha value is -0.820. The van der Waals surface area contributed by atoms with Crippen LogP contribution < -0.4 is 0 Å². The molecule has 2 atom stereocenters. The second kappa shape index (κ2) is 4.80. The highest BCUT2D eigenvalue weighted by molar-refractivity contribution is 5.32. The van der Waals surface area contributed by atoms with Crippen LogP contribution in [0.2, 0.25) is 0 Å². The molecular formula is C14H20O. The third kappa shape index (κ3) is 2.40. The lowest BCUT2D eigenvalue weighted by atomic mass is 9.80. The van der Waals surface area contributed by atoms with Gasteiger partial charge in [0, 0.05) is 0 Å². The van der Waals surface area contributed by atoms with E-state index in [-0.39, 0.29) is 6.10 Å². The van der Waals surface area contributed by atoms with Crippen LogP contribution in [0.4, 0.5) is 0 Å². The Kier molecular flexibility index (Phi) is 3.42. The monoisotopic (exact) mass is 204 g/mol. The van der Waals surface area contributed by atoms with Crippen molar-refractivity contribution < 1.29 is 5.11 Å². The van der Waals surface area contributed by atoms with Gasteiger partial charge in [0.2, 0.25) is 0 Å². The molecule has 1 nitrogen and oxygen atoms in total. The van der Waals surface area contributed by atoms with Crippen molar-refractivity contribution in [3.63, 3.8) is 0 Å². The summed E-state index contributed by atoms with van der Waals surface area (Å²) in [6.07, 6.45) is 5.42. The molecule has 1 aliphatic carbocycles. The normalized spacial score (nSPS) is 22.1. The summed E-state index contributed by atoms with van der Waals surface area (Å²) in [5.74, 6) is 0.588. The molecule has 0 bridgehead atoms. The van der Waals surface area contributed by atoms with Crippen molar-refractivity contribution in [2.24, 2.45) is 0 Å². The first kappa shape index (κ1) is 10.7. The number of aliphatic hydroxyl groups is 1. The third-order valence-corrected chi connectivity index (χ3v) is 3.52. The van der Waals surface area contributed by atoms with E-state index in [4.69, 9.17) is 0 Å². The van der Waals surface area contributed by atoms with Crippen LogP contribution in [0.3, 0.4) is 0 Å². The van der Waals surface area contributed by atoms with Crippen LogP contribution in [0.1, 0.15) is 49.7 Å². The van der Waals surface area contributed by atoms with Crippen molar-refractivity contribution in [1.82, 2.24) is 0 Å². The first-order chi connectivity index (χ1) is 7.31. The van der Waals surface area contributed by atoms with Crippen LogP contribution in [0, 0.1) is 0 Å². The van der Waals surface area contributed by atoms with Gasteiger partial charge in [0.25, 0.3) is 0 Å². The minimum atomic E-state index is -0.124. The highest BCUT2D eigenvalue weighted by Gasteiger charge is 2.21. The van der Waals surface area contributed by atoms with Crippen molar-refractivity contribution in [3.05, 3.63) is 35.4 Å². The van der Waals surface area contributed by atoms with Crippen molar-refractivity contribution >= 4 is 0 Å². The maximum Gasteiger partial charge on any atom is 0.0543 e. The van der Waals surface area contributed by atoms with Crippen LogP contribution in [-0.4, -0.2) is 11.2 Å². The van der Waals surface area contributed by atoms with Gasteiger partial charge < -0.3 is 5.11 Å². The lowest BCUT2D eigenvalue weighted by Gasteiger charge is -2.26. The van der Waals surface area contributed by atoms with Crippen molar-refractivity contribution in [2.45, 2.75) is 51.0 Å². The first-order valence-corrected chi connectivity index (χ1v) is 6.07. The van der Waals surface area contributed by atoms with Gasteiger partial charge in [0.05, 0.1) is 6.10 Å². The number of hydrogen-bond acceptors (Lipinski definition) is 1. The average Bonchev–Trinajstić information content (AvgIpc) is 2.29. The van der Waals surface area contributed by atoms with Gasteiger partial charge in [-0.05, 0) is 49.1 Å². The van der Waals surface area contributed by atoms with Gasteiger partial charge in [-0.2, -0.15) is 0 Å². The van der Waals surface area contributed by atoms with Gasteiger partial charge in [-0.25, -0.2) is 0 Å². The van der Waals surface area contributed by atoms with Crippen LogP contribution in [-0.2, 0) is 6.42 Å². The molecule has 0 saturated heterocycles. The fourth-order valence-electron chi connectivity index (χ4n) is 2.59. The second-order valence-electron chi connectivity index (χ2n) is 4.59. The fourth-order valence-corrected chi connectivity index (χ4v) is 2.59. The molecule has 2 rings (SSSR count). The highest BCUT2D eigenvalue weighted by Crippen LogP contribution is 2.34. The van der Waals surface area contributed by atoms with Crippen LogP contribution in [0.5, 0.6) is 0 Å². The van der Waals surface area contributed by atoms with Gasteiger partial charge in [-0.3, -0.25) is 0 Å². The number of aryl methyl sites for hydroxylation is 1. The molecule has 2 unspecified atom stereocenters. The van der Waals surface area contributed by atoms with Crippen molar-refractivity contribution in [3.8, 4) is 0 Å². The Morgan fingerprint density at radius 3 is 3.00 bits per heavy atom. The molecule has 0 radical (unpaired) electrons. The van der Waals surface area contributed by atoms with Gasteiger partial charge >= 0.3 is 0 Å². The molecule has 1 heteroatoms. The summed E-state index contributed by atoms with van der Waals surface area (Å²) in [7, 11) is 0. The summed E-state index contributed by atoms with van der Waals surface area (Å²) in [6.45, 7) is 2.05. The highest BCUT2D eigenvalue weighted by atomic mass is 16.3. The van der Waals surface area contributed by atoms with E-state index in [0.717, 1.165) is 12.8 Å². The van der Waals surface area contributed by atoms with Gasteiger partial charge in [-0.1, -0.05) is 31.2 Å². The molecule has 1 aromatic rings. The predicted octanol–water partition coefficient (Wildman–Crippen LogP) is 3.27. The minimum Gasteiger partial charge on any atom is -0.393 e. The van der Waals surface area contributed by atoms with Gasteiger partial charge in [0.1, 0.15) is 0 Å². The van der Waals surface area contributed by atoms with E-state index in [1.165, 1.54) is 30.4 Å². The summed E-state index contributed by atoms with van der Waals surface area (Å²) >= 11 is 0. The van der Waals surface area contributed by atoms with Crippen LogP contribution in [0.25, 0.3) is 0 Å². The standard InChI is InChI=1S/C14H20O/c1-2-13(15)10-12-8-5-7-11-6-3-4-9-14(11)12/h3-4,6,9,12-13,15H,2,5,7-8,10H2,1H3. The SMILES string of the molecule is CCC(O)CC1CCCc2ccccc21. The molecule has 0 fully saturated rings. The molecule has 82 valence electrons. The van der Waals surface area contributed by atoms with Crippen molar-refractivity contribution in [1.29, 1.82) is 0 Å². The Morgan fingerprint density at radius 2 is 2.20 bits per heavy atom. The molecule has 0 aliphatic heterocycles. The molecular weight excluding hydrogens is 184 g/mol. The molecule has 1 N–H and O–H groups in total. The lowest BCUT2D eigenvalue weighted by Crippen LogP contribution is -2.16. The average molecular weight is 204 g/mol. The number of benzene rings is 1. The van der Waals surface area contributed by atoms with Gasteiger partial charge in [0.15, 0.2) is 0 Å². The molecule has 1 aliphatic rings. The summed E-state index contributed by atoms with van der Waals surface area (Å²) in [5.41, 5.74) is 2.98. The smallest absolute Gasteiger partial charge is 0.0543 e. The molecule has 0 aromatic heterocycles. The van der Waals surface area contributed by atoms with E-state index in [1.807, 2.05) is 0 Å². The van der Waals surface area contributed by atoms with E-state index in [0.29, 0.717) is 5.92 Å². The van der Waals surface area contributed by atoms with Gasteiger partial charge in [-0.15, -0.1) is 0 Å². The zero-order valence-electron chi connectivity index (χ0n) is 9.45. The minimum absolute atomic E-state index is 0.124. The molecule has 0 heterocycles. The van der Waals surface area contributed by atoms with E-state index in [2.05, 4.69) is 31.2 Å². The maximum absolute atomic E-state index is 9.74. The van der Waals surface area contributed by atoms with E-state index >= 15 is 0 Å². The Morgan fingerprint density at radius 1 is 1.40 bits per heavy atom. The van der Waals surface area contributed by atoms with Crippen LogP contribution >= 0.6 is 0 Å². The summed E-state index contributed by atoms with van der Waals surface area (Å²) in [5, 5.41) is 9.74. The Bertz CT molecular complexity index is 319. The predicted molar refractivity (Wildman–Crippen MR) is 63.0 cm³/mol. The first-order valence-electron chi connectivity index (χ1n) is 6.07. The number of fused-ring (bicyclic) bond motifs is 1. The number of rotatable bonds is 3. The van der Waals surface area contributed by atoms with E-state index < -0.39 is 0 Å². The Balaban J connectivity index is 2.15. The molecule has 0 spiro atoms. The molecule has 0 saturated carbocycles. The quantitative estimate of drug-likeness (QED) is 0.801. The molecule has 15 heavy (non-hydrogen) atoms. The summed E-state index contributed by atoms with van der Waals surface area (Å²) in [6, 6.07) is 8.72. The zero-order chi connectivity index (χ0) is 10.7. The lowest BCUT2D eigenvalue weighted by molar-refractivity contribution is 0.148. The molecule has 1 aromatic carbocycles. The largest absolute Gasteiger partial charge is 0.393 e. The van der Waals surface area contributed by atoms with E-state index in [9.17, 15) is 5.11 Å². The summed E-state index contributed by atoms with van der Waals surface area (Å²) < 4.78 is 0. The van der Waals surface area contributed by atoms with E-state index in [1.54, 1.807) is 0 Å². The molecule has 0 amide bonds. The van der Waals surface area contributed by atoms with Crippen molar-refractivity contribution in [2.75, 3.05) is 0 Å². The summed E-state index contributed by atoms with van der Waals surface area (Å²) in [4.78, 5) is 0. The maximum atomic E-state index is 9.74. The number of aliphatic hydroxyl groups excluding tert-OH is 1. The second-order valence-corrected chi connectivity index (χ2v) is 4.59. The zero-order valence-corrected chi connectivity index (χ0v) is 9.45. The topological polar surface area (TPSA) is 20.2 Å².